The maximum absolute atomic E-state index is 13.2. The number of hydrogen-bond acceptors (Lipinski definition) is 5. The number of likely N-dealkylation sites (N-methyl/N-ethyl adjacent to an activating group) is 1. The highest BCUT2D eigenvalue weighted by molar-refractivity contribution is 7.12. The number of fused-ring (bicyclic) bond motifs is 1. The van der Waals surface area contributed by atoms with Crippen molar-refractivity contribution in [2.75, 3.05) is 19.7 Å². The van der Waals surface area contributed by atoms with Gasteiger partial charge in [-0.1, -0.05) is 32.0 Å². The summed E-state index contributed by atoms with van der Waals surface area (Å²) in [6, 6.07) is 10.5. The van der Waals surface area contributed by atoms with Crippen LogP contribution in [-0.2, 0) is 4.79 Å². The highest BCUT2D eigenvalue weighted by atomic mass is 32.1. The van der Waals surface area contributed by atoms with Gasteiger partial charge in [0.1, 0.15) is 12.6 Å². The van der Waals surface area contributed by atoms with E-state index in [1.54, 1.807) is 11.0 Å². The Labute approximate surface area is 169 Å². The Bertz CT molecular complexity index is 806. The summed E-state index contributed by atoms with van der Waals surface area (Å²) < 4.78 is 11.7. The maximum Gasteiger partial charge on any atom is 0.262 e. The molecule has 1 aromatic carbocycles. The Hall–Kier alpha value is -2.54. The molecule has 0 bridgehead atoms. The summed E-state index contributed by atoms with van der Waals surface area (Å²) in [6.07, 6.45) is -0.250. The molecule has 0 spiro atoms. The fourth-order valence-corrected chi connectivity index (χ4v) is 3.73. The lowest BCUT2D eigenvalue weighted by molar-refractivity contribution is -0.135. The third-order valence-electron chi connectivity index (χ3n) is 4.65. The van der Waals surface area contributed by atoms with E-state index in [-0.39, 0.29) is 23.8 Å². The van der Waals surface area contributed by atoms with Gasteiger partial charge in [0.2, 0.25) is 5.91 Å². The molecule has 0 fully saturated rings. The van der Waals surface area contributed by atoms with E-state index < -0.39 is 6.04 Å². The smallest absolute Gasteiger partial charge is 0.262 e. The number of benzene rings is 1. The molecule has 2 amide bonds. The second kappa shape index (κ2) is 9.10. The Morgan fingerprint density at radius 1 is 1.21 bits per heavy atom. The number of thiophene rings is 1. The second-order valence-electron chi connectivity index (χ2n) is 7.05. The number of para-hydroxylation sites is 2. The van der Waals surface area contributed by atoms with Crippen molar-refractivity contribution in [1.29, 1.82) is 0 Å². The minimum Gasteiger partial charge on any atom is -0.486 e. The molecule has 1 aliphatic rings. The van der Waals surface area contributed by atoms with Crippen LogP contribution in [0.15, 0.2) is 41.8 Å². The highest BCUT2D eigenvalue weighted by Crippen LogP contribution is 2.31. The first-order valence-electron chi connectivity index (χ1n) is 9.51. The summed E-state index contributed by atoms with van der Waals surface area (Å²) >= 11 is 1.36. The Morgan fingerprint density at radius 3 is 2.61 bits per heavy atom. The first-order valence-corrected chi connectivity index (χ1v) is 10.4. The van der Waals surface area contributed by atoms with Crippen LogP contribution in [-0.4, -0.2) is 48.6 Å². The van der Waals surface area contributed by atoms with Crippen LogP contribution in [0.2, 0.25) is 0 Å². The van der Waals surface area contributed by atoms with Crippen molar-refractivity contribution < 1.29 is 19.1 Å². The molecule has 3 rings (SSSR count). The molecule has 2 unspecified atom stereocenters. The third-order valence-corrected chi connectivity index (χ3v) is 5.52. The number of carbonyl (C=O) groups excluding carboxylic acids is 2. The normalized spacial score (nSPS) is 16.5. The van der Waals surface area contributed by atoms with Gasteiger partial charge in [-0.3, -0.25) is 9.59 Å². The van der Waals surface area contributed by atoms with Crippen molar-refractivity contribution in [3.63, 3.8) is 0 Å². The van der Waals surface area contributed by atoms with Crippen LogP contribution in [0.5, 0.6) is 11.5 Å². The molecule has 0 saturated heterocycles. The van der Waals surface area contributed by atoms with Crippen molar-refractivity contribution >= 4 is 23.2 Å². The van der Waals surface area contributed by atoms with Crippen molar-refractivity contribution in [1.82, 2.24) is 10.2 Å². The molecule has 6 nitrogen and oxygen atoms in total. The van der Waals surface area contributed by atoms with Crippen molar-refractivity contribution in [2.45, 2.75) is 32.9 Å². The summed E-state index contributed by atoms with van der Waals surface area (Å²) in [4.78, 5) is 27.9. The van der Waals surface area contributed by atoms with Gasteiger partial charge in [-0.25, -0.2) is 0 Å². The molecule has 2 heterocycles. The molecule has 7 heteroatoms. The standard InChI is InChI=1S/C21H26N2O4S/c1-4-23(12-15-13-26-16-8-5-6-9-17(16)27-15)21(25)19(14(2)3)22-20(24)18-10-7-11-28-18/h5-11,14-15,19H,4,12-13H2,1-3H3,(H,22,24). The lowest BCUT2D eigenvalue weighted by atomic mass is 10.0. The third kappa shape index (κ3) is 4.65. The van der Waals surface area contributed by atoms with Gasteiger partial charge in [0.25, 0.3) is 5.91 Å². The molecule has 1 aliphatic heterocycles. The van der Waals surface area contributed by atoms with Gasteiger partial charge in [-0.2, -0.15) is 0 Å². The summed E-state index contributed by atoms with van der Waals surface area (Å²) in [6.45, 7) is 7.10. The molecule has 2 atom stereocenters. The molecular weight excluding hydrogens is 376 g/mol. The van der Waals surface area contributed by atoms with Crippen LogP contribution in [0, 0.1) is 5.92 Å². The van der Waals surface area contributed by atoms with Crippen LogP contribution in [0.3, 0.4) is 0 Å². The van der Waals surface area contributed by atoms with Crippen molar-refractivity contribution in [3.8, 4) is 11.5 Å². The molecule has 1 N–H and O–H groups in total. The van der Waals surface area contributed by atoms with E-state index in [9.17, 15) is 9.59 Å². The van der Waals surface area contributed by atoms with Gasteiger partial charge in [0, 0.05) is 6.54 Å². The maximum atomic E-state index is 13.2. The van der Waals surface area contributed by atoms with Crippen LogP contribution >= 0.6 is 11.3 Å². The van der Waals surface area contributed by atoms with Gasteiger partial charge in [0.05, 0.1) is 11.4 Å². The monoisotopic (exact) mass is 402 g/mol. The molecular formula is C21H26N2O4S. The number of hydrogen-bond donors (Lipinski definition) is 1. The van der Waals surface area contributed by atoms with Crippen LogP contribution in [0.25, 0.3) is 0 Å². The topological polar surface area (TPSA) is 67.9 Å². The molecule has 0 aliphatic carbocycles. The number of nitrogens with one attached hydrogen (secondary N) is 1. The zero-order valence-electron chi connectivity index (χ0n) is 16.4. The van der Waals surface area contributed by atoms with E-state index >= 15 is 0 Å². The highest BCUT2D eigenvalue weighted by Gasteiger charge is 2.31. The van der Waals surface area contributed by atoms with E-state index in [0.29, 0.717) is 30.3 Å². The molecule has 0 saturated carbocycles. The number of amides is 2. The SMILES string of the molecule is CCN(CC1COc2ccccc2O1)C(=O)C(NC(=O)c1cccs1)C(C)C. The minimum absolute atomic E-state index is 0.0327. The zero-order valence-corrected chi connectivity index (χ0v) is 17.2. The summed E-state index contributed by atoms with van der Waals surface area (Å²) in [5, 5.41) is 4.74. The molecule has 150 valence electrons. The predicted molar refractivity (Wildman–Crippen MR) is 109 cm³/mol. The summed E-state index contributed by atoms with van der Waals surface area (Å²) in [5.41, 5.74) is 0. The molecule has 2 aromatic rings. The number of carbonyl (C=O) groups is 2. The van der Waals surface area contributed by atoms with E-state index in [1.807, 2.05) is 56.5 Å². The first kappa shape index (κ1) is 20.2. The first-order chi connectivity index (χ1) is 13.5. The van der Waals surface area contributed by atoms with E-state index in [4.69, 9.17) is 9.47 Å². The average molecular weight is 403 g/mol. The number of ether oxygens (including phenoxy) is 2. The van der Waals surface area contributed by atoms with Gasteiger partial charge in [-0.15, -0.1) is 11.3 Å². The quantitative estimate of drug-likeness (QED) is 0.772. The van der Waals surface area contributed by atoms with Crippen molar-refractivity contribution in [3.05, 3.63) is 46.7 Å². The second-order valence-corrected chi connectivity index (χ2v) is 7.99. The van der Waals surface area contributed by atoms with Crippen LogP contribution < -0.4 is 14.8 Å². The lowest BCUT2D eigenvalue weighted by Crippen LogP contribution is -2.53. The molecule has 28 heavy (non-hydrogen) atoms. The Balaban J connectivity index is 1.66. The molecule has 1 aromatic heterocycles. The van der Waals surface area contributed by atoms with Gasteiger partial charge >= 0.3 is 0 Å². The van der Waals surface area contributed by atoms with Gasteiger partial charge < -0.3 is 19.7 Å². The fourth-order valence-electron chi connectivity index (χ4n) is 3.10. The number of rotatable bonds is 7. The summed E-state index contributed by atoms with van der Waals surface area (Å²) in [7, 11) is 0. The zero-order chi connectivity index (χ0) is 20.1. The predicted octanol–water partition coefficient (Wildman–Crippen LogP) is 3.19. The van der Waals surface area contributed by atoms with Gasteiger partial charge in [0.15, 0.2) is 17.6 Å². The average Bonchev–Trinajstić information content (AvgIpc) is 3.24. The van der Waals surface area contributed by atoms with Gasteiger partial charge in [-0.05, 0) is 36.4 Å². The Morgan fingerprint density at radius 2 is 1.96 bits per heavy atom. The van der Waals surface area contributed by atoms with Crippen molar-refractivity contribution in [2.24, 2.45) is 5.92 Å². The van der Waals surface area contributed by atoms with E-state index in [1.165, 1.54) is 11.3 Å². The van der Waals surface area contributed by atoms with E-state index in [0.717, 1.165) is 5.75 Å². The number of nitrogens with zero attached hydrogens (tertiary/aromatic N) is 1. The van der Waals surface area contributed by atoms with Crippen LogP contribution in [0.1, 0.15) is 30.4 Å². The largest absolute Gasteiger partial charge is 0.486 e. The summed E-state index contributed by atoms with van der Waals surface area (Å²) in [5.74, 6) is 1.05. The fraction of sp³-hybridized carbons (Fsp3) is 0.429. The molecule has 0 radical (unpaired) electrons. The minimum atomic E-state index is -0.591. The van der Waals surface area contributed by atoms with Crippen LogP contribution in [0.4, 0.5) is 0 Å². The Kier molecular flexibility index (Phi) is 6.57. The lowest BCUT2D eigenvalue weighted by Gasteiger charge is -2.33. The van der Waals surface area contributed by atoms with E-state index in [2.05, 4.69) is 5.32 Å².